The standard InChI is InChI=1S/C51H64O7/c1-31(2)46(53)24-35-18-19-36(23-35)38-25-43-33(4)48(56-6)21-20-42(43)49(26-38)58-41-27-44-45(28-41)50(55)37(22-32(3)57-40-16-12-13-17-40)14-10-8-7-9-11-15-39-29-51(39,34(5)52)30-47(44)54/h11,15,19-21,23,25-26,31,37,39-41,44-45H,3,7-10,12-14,16-18,22,24,27-30H2,1-2,4-6H3/b15-11-. The molecule has 0 aliphatic heterocycles. The van der Waals surface area contributed by atoms with Crippen molar-refractivity contribution in [3.05, 3.63) is 77.6 Å². The van der Waals surface area contributed by atoms with Crippen LogP contribution in [0.15, 0.2) is 66.5 Å². The molecule has 0 aromatic heterocycles. The molecule has 6 atom stereocenters. The molecular weight excluding hydrogens is 725 g/mol. The highest BCUT2D eigenvalue weighted by Crippen LogP contribution is 2.58. The molecule has 2 aromatic rings. The zero-order valence-corrected chi connectivity index (χ0v) is 35.5. The van der Waals surface area contributed by atoms with Gasteiger partial charge in [0.2, 0.25) is 0 Å². The van der Waals surface area contributed by atoms with Gasteiger partial charge < -0.3 is 14.2 Å². The van der Waals surface area contributed by atoms with Gasteiger partial charge in [-0.05, 0) is 137 Å². The van der Waals surface area contributed by atoms with Crippen LogP contribution in [0.3, 0.4) is 0 Å². The van der Waals surface area contributed by atoms with E-state index in [1.165, 1.54) is 0 Å². The lowest BCUT2D eigenvalue weighted by molar-refractivity contribution is -0.136. The van der Waals surface area contributed by atoms with Gasteiger partial charge in [-0.3, -0.25) is 19.2 Å². The Labute approximate surface area is 345 Å². The van der Waals surface area contributed by atoms with Crippen molar-refractivity contribution in [3.63, 3.8) is 0 Å². The first-order valence-electron chi connectivity index (χ1n) is 22.2. The van der Waals surface area contributed by atoms with Crippen molar-refractivity contribution >= 4 is 39.5 Å². The third-order valence-electron chi connectivity index (χ3n) is 14.1. The predicted octanol–water partition coefficient (Wildman–Crippen LogP) is 11.4. The summed E-state index contributed by atoms with van der Waals surface area (Å²) in [5.74, 6) is 1.30. The number of methoxy groups -OCH3 is 1. The molecule has 6 unspecified atom stereocenters. The van der Waals surface area contributed by atoms with E-state index in [0.717, 1.165) is 103 Å². The van der Waals surface area contributed by atoms with Gasteiger partial charge in [-0.25, -0.2) is 0 Å². The molecule has 0 radical (unpaired) electrons. The molecule has 0 N–H and O–H groups in total. The maximum atomic E-state index is 15.0. The normalized spacial score (nSPS) is 28.6. The van der Waals surface area contributed by atoms with Crippen molar-refractivity contribution < 1.29 is 33.4 Å². The van der Waals surface area contributed by atoms with Gasteiger partial charge in [-0.1, -0.05) is 63.1 Å². The molecule has 7 rings (SSSR count). The minimum atomic E-state index is -0.675. The summed E-state index contributed by atoms with van der Waals surface area (Å²) in [6, 6.07) is 8.24. The summed E-state index contributed by atoms with van der Waals surface area (Å²) in [5, 5.41) is 1.94. The fourth-order valence-corrected chi connectivity index (χ4v) is 10.3. The van der Waals surface area contributed by atoms with Gasteiger partial charge in [0.1, 0.15) is 40.7 Å². The number of rotatable bonds is 12. The van der Waals surface area contributed by atoms with Crippen LogP contribution in [-0.2, 0) is 23.9 Å². The molecule has 5 aliphatic rings. The fourth-order valence-electron chi connectivity index (χ4n) is 10.3. The number of ether oxygens (including phenoxy) is 3. The Morgan fingerprint density at radius 1 is 0.931 bits per heavy atom. The number of hydrogen-bond acceptors (Lipinski definition) is 7. The first kappa shape index (κ1) is 41.9. The maximum absolute atomic E-state index is 15.0. The third-order valence-corrected chi connectivity index (χ3v) is 14.1. The van der Waals surface area contributed by atoms with Crippen LogP contribution < -0.4 is 9.47 Å². The summed E-state index contributed by atoms with van der Waals surface area (Å²) >= 11 is 0. The number of carbonyl (C=O) groups is 4. The highest BCUT2D eigenvalue weighted by Gasteiger charge is 2.59. The van der Waals surface area contributed by atoms with Crippen LogP contribution in [0.25, 0.3) is 16.3 Å². The quantitative estimate of drug-likeness (QED) is 0.156. The van der Waals surface area contributed by atoms with Crippen LogP contribution >= 0.6 is 0 Å². The van der Waals surface area contributed by atoms with Crippen LogP contribution in [0, 0.1) is 41.9 Å². The van der Waals surface area contributed by atoms with Crippen LogP contribution in [0.5, 0.6) is 11.5 Å². The molecule has 58 heavy (non-hydrogen) atoms. The zero-order chi connectivity index (χ0) is 41.1. The van der Waals surface area contributed by atoms with E-state index in [1.54, 1.807) is 14.0 Å². The molecule has 5 aliphatic carbocycles. The van der Waals surface area contributed by atoms with E-state index < -0.39 is 17.3 Å². The number of hydrogen-bond donors (Lipinski definition) is 0. The Kier molecular flexibility index (Phi) is 12.9. The van der Waals surface area contributed by atoms with Crippen molar-refractivity contribution in [2.45, 2.75) is 143 Å². The smallest absolute Gasteiger partial charge is 0.140 e. The Morgan fingerprint density at radius 3 is 2.43 bits per heavy atom. The molecule has 7 nitrogen and oxygen atoms in total. The molecule has 0 saturated heterocycles. The molecule has 0 spiro atoms. The maximum Gasteiger partial charge on any atom is 0.140 e. The van der Waals surface area contributed by atoms with Gasteiger partial charge >= 0.3 is 0 Å². The number of fused-ring (bicyclic) bond motifs is 3. The SMILES string of the molecule is C=C(CC1CCCCC/C=C\C2CC2(C(C)=O)CC(=O)C2CC(Oc3cc(C4=CCC(CC(=O)C(C)C)=C4)cc4c(C)c(OC)ccc34)CC2C1=O)OC1CCCC1. The number of Topliss-reactive ketones (excluding diaryl/α,β-unsaturated/α-hetero) is 4. The average molecular weight is 789 g/mol. The van der Waals surface area contributed by atoms with Crippen molar-refractivity contribution in [1.82, 2.24) is 0 Å². The van der Waals surface area contributed by atoms with Gasteiger partial charge in [0.15, 0.2) is 0 Å². The van der Waals surface area contributed by atoms with Crippen LogP contribution in [0.4, 0.5) is 0 Å². The zero-order valence-electron chi connectivity index (χ0n) is 35.5. The van der Waals surface area contributed by atoms with Crippen molar-refractivity contribution in [2.75, 3.05) is 7.11 Å². The molecular formula is C51H64O7. The minimum Gasteiger partial charge on any atom is -0.496 e. The average Bonchev–Trinajstić information content (AvgIpc) is 3.62. The van der Waals surface area contributed by atoms with Crippen LogP contribution in [0.2, 0.25) is 0 Å². The highest BCUT2D eigenvalue weighted by molar-refractivity contribution is 5.98. The molecule has 3 fully saturated rings. The molecule has 3 saturated carbocycles. The largest absolute Gasteiger partial charge is 0.496 e. The summed E-state index contributed by atoms with van der Waals surface area (Å²) in [5.41, 5.74) is 3.46. The van der Waals surface area contributed by atoms with E-state index in [0.29, 0.717) is 43.6 Å². The number of carbonyl (C=O) groups excluding carboxylic acids is 4. The summed E-state index contributed by atoms with van der Waals surface area (Å²) in [6.07, 6.45) is 20.8. The Bertz CT molecular complexity index is 2020. The minimum absolute atomic E-state index is 0.00844. The number of aryl methyl sites for hydroxylation is 1. The second kappa shape index (κ2) is 17.9. The highest BCUT2D eigenvalue weighted by atomic mass is 16.5. The fraction of sp³-hybridized carbons (Fsp3) is 0.569. The molecule has 0 amide bonds. The monoisotopic (exact) mass is 788 g/mol. The Morgan fingerprint density at radius 2 is 1.69 bits per heavy atom. The van der Waals surface area contributed by atoms with Crippen molar-refractivity contribution in [3.8, 4) is 11.5 Å². The van der Waals surface area contributed by atoms with E-state index in [4.69, 9.17) is 14.2 Å². The van der Waals surface area contributed by atoms with Crippen LogP contribution in [0.1, 0.15) is 135 Å². The molecule has 7 heteroatoms. The first-order valence-corrected chi connectivity index (χ1v) is 22.2. The second-order valence-electron chi connectivity index (χ2n) is 18.4. The third kappa shape index (κ3) is 9.14. The number of benzene rings is 2. The number of allylic oxidation sites excluding steroid dienone is 7. The molecule has 310 valence electrons. The molecule has 0 bridgehead atoms. The summed E-state index contributed by atoms with van der Waals surface area (Å²) in [7, 11) is 1.67. The Hall–Kier alpha value is -4.26. The predicted molar refractivity (Wildman–Crippen MR) is 230 cm³/mol. The molecule has 2 aromatic carbocycles. The van der Waals surface area contributed by atoms with Gasteiger partial charge in [0.05, 0.1) is 19.0 Å². The van der Waals surface area contributed by atoms with Gasteiger partial charge in [-0.15, -0.1) is 0 Å². The van der Waals surface area contributed by atoms with Crippen molar-refractivity contribution in [1.29, 1.82) is 0 Å². The van der Waals surface area contributed by atoms with Gasteiger partial charge in [-0.2, -0.15) is 0 Å². The van der Waals surface area contributed by atoms with Crippen LogP contribution in [-0.4, -0.2) is 42.5 Å². The number of ketones is 4. The van der Waals surface area contributed by atoms with Crippen molar-refractivity contribution in [2.24, 2.45) is 35.0 Å². The van der Waals surface area contributed by atoms with E-state index in [2.05, 4.69) is 43.0 Å². The molecule has 0 heterocycles. The topological polar surface area (TPSA) is 96.0 Å². The summed E-state index contributed by atoms with van der Waals surface area (Å²) < 4.78 is 19.1. The Balaban J connectivity index is 1.21. The van der Waals surface area contributed by atoms with E-state index in [1.807, 2.05) is 32.9 Å². The lowest BCUT2D eigenvalue weighted by Gasteiger charge is -2.26. The van der Waals surface area contributed by atoms with E-state index in [-0.39, 0.29) is 59.5 Å². The lowest BCUT2D eigenvalue weighted by Crippen LogP contribution is -2.33. The summed E-state index contributed by atoms with van der Waals surface area (Å²) in [6.45, 7) is 11.9. The van der Waals surface area contributed by atoms with E-state index >= 15 is 0 Å². The first-order chi connectivity index (χ1) is 27.9. The summed E-state index contributed by atoms with van der Waals surface area (Å²) in [4.78, 5) is 55.4. The van der Waals surface area contributed by atoms with E-state index in [9.17, 15) is 19.2 Å². The second-order valence-corrected chi connectivity index (χ2v) is 18.4. The van der Waals surface area contributed by atoms with Gasteiger partial charge in [0, 0.05) is 53.7 Å². The lowest BCUT2D eigenvalue weighted by atomic mass is 9.77. The van der Waals surface area contributed by atoms with Gasteiger partial charge in [0.25, 0.3) is 0 Å².